The molecule has 0 amide bonds. The molecule has 0 radical (unpaired) electrons. The Hall–Kier alpha value is -9.38. The third kappa shape index (κ3) is 15.0. The number of non-ortho nitro benzene ring substituents is 1. The molecule has 0 atom stereocenters. The summed E-state index contributed by atoms with van der Waals surface area (Å²) in [5.74, 6) is -5.28. The van der Waals surface area contributed by atoms with Crippen LogP contribution in [0.25, 0.3) is 32.3 Å². The summed E-state index contributed by atoms with van der Waals surface area (Å²) < 4.78 is 285. The number of hydrogen-bond acceptors (Lipinski definition) is 31. The number of azo groups is 4. The van der Waals surface area contributed by atoms with Crippen molar-refractivity contribution in [3.63, 3.8) is 0 Å². The molecule has 0 aromatic heterocycles. The molecule has 94 heavy (non-hydrogen) atoms. The van der Waals surface area contributed by atoms with E-state index in [0.717, 1.165) is 30.3 Å². The number of aromatic hydroxyl groups is 3. The Morgan fingerprint density at radius 1 is 0.447 bits per heavy atom. The summed E-state index contributed by atoms with van der Waals surface area (Å²) in [7, 11) is -43.2. The first kappa shape index (κ1) is 70.5. The minimum Gasteiger partial charge on any atom is -0.507 e. The van der Waals surface area contributed by atoms with Crippen LogP contribution in [0, 0.1) is 17.0 Å². The molecule has 13 N–H and O–H groups in total. The topological polar surface area (TPSA) is 673 Å². The van der Waals surface area contributed by atoms with Crippen molar-refractivity contribution < 1.29 is 129 Å². The van der Waals surface area contributed by atoms with Crippen LogP contribution in [0.5, 0.6) is 23.0 Å². The lowest BCUT2D eigenvalue weighted by molar-refractivity contribution is -0.385. The third-order valence-electron chi connectivity index (χ3n) is 12.7. The quantitative estimate of drug-likeness (QED) is 0.00806. The van der Waals surface area contributed by atoms with Gasteiger partial charge in [0.05, 0.1) is 50.0 Å². The van der Waals surface area contributed by atoms with Crippen LogP contribution >= 0.6 is 0 Å². The van der Waals surface area contributed by atoms with Gasteiger partial charge < -0.3 is 25.8 Å². The average Bonchev–Trinajstić information content (AvgIpc) is 0.748. The highest BCUT2D eigenvalue weighted by Crippen LogP contribution is 2.51. The van der Waals surface area contributed by atoms with Crippen LogP contribution in [0.15, 0.2) is 160 Å². The Balaban J connectivity index is 1.27. The van der Waals surface area contributed by atoms with Crippen LogP contribution in [-0.2, 0) is 80.9 Å². The van der Waals surface area contributed by atoms with Gasteiger partial charge >= 0.3 is 0 Å². The lowest BCUT2D eigenvalue weighted by Gasteiger charge is -2.15. The Morgan fingerprint density at radius 2 is 0.947 bits per heavy atom. The molecule has 498 valence electrons. The van der Waals surface area contributed by atoms with Crippen molar-refractivity contribution in [1.82, 2.24) is 0 Å². The molecule has 8 aromatic rings. The average molecular weight is 1470 g/mol. The van der Waals surface area contributed by atoms with Crippen molar-refractivity contribution in [2.24, 2.45) is 40.9 Å². The molecular weight excluding hydrogens is 1430 g/mol. The van der Waals surface area contributed by atoms with E-state index >= 15 is 0 Å². The molecule has 0 spiro atoms. The molecule has 0 fully saturated rings. The Kier molecular flexibility index (Phi) is 18.6. The van der Waals surface area contributed by atoms with Gasteiger partial charge in [0.15, 0.2) is 11.5 Å². The summed E-state index contributed by atoms with van der Waals surface area (Å²) >= 11 is 0. The Morgan fingerprint density at radius 3 is 1.50 bits per heavy atom. The largest absolute Gasteiger partial charge is 0.507 e. The molecule has 8 rings (SSSR count). The zero-order chi connectivity index (χ0) is 70.1. The molecule has 0 unspecified atom stereocenters. The van der Waals surface area contributed by atoms with E-state index in [4.69, 9.17) is 10.5 Å². The Bertz CT molecular complexity index is 5780. The van der Waals surface area contributed by atoms with E-state index in [9.17, 15) is 129 Å². The number of benzene rings is 8. The molecule has 0 aliphatic heterocycles. The number of fused-ring (bicyclic) bond motifs is 3. The number of phenolic OH excluding ortho intramolecular Hbond substituents is 3. The molecule has 0 saturated heterocycles. The van der Waals surface area contributed by atoms with E-state index in [1.54, 1.807) is 0 Å². The zero-order valence-corrected chi connectivity index (χ0v) is 52.3. The second-order valence-electron chi connectivity index (χ2n) is 19.0. The molecule has 48 heteroatoms. The molecule has 0 aliphatic rings. The number of nitrogen functional groups attached to an aromatic ring is 1. The van der Waals surface area contributed by atoms with Gasteiger partial charge in [0.25, 0.3) is 86.6 Å². The van der Waals surface area contributed by atoms with Crippen LogP contribution < -0.4 is 10.5 Å². The summed E-state index contributed by atoms with van der Waals surface area (Å²) in [6, 6.07) is 8.57. The number of anilines is 1. The van der Waals surface area contributed by atoms with Crippen LogP contribution in [0.2, 0.25) is 0 Å². The fourth-order valence-electron chi connectivity index (χ4n) is 8.69. The number of rotatable bonds is 21. The van der Waals surface area contributed by atoms with Crippen molar-refractivity contribution >= 4 is 170 Å². The van der Waals surface area contributed by atoms with Crippen LogP contribution in [-0.4, -0.2) is 136 Å². The number of nitro groups is 1. The molecule has 40 nitrogen and oxygen atoms in total. The number of nitro benzene ring substituents is 1. The summed E-state index contributed by atoms with van der Waals surface area (Å²) in [5.41, 5.74) is -2.48. The van der Waals surface area contributed by atoms with Crippen molar-refractivity contribution in [2.45, 2.75) is 47.6 Å². The van der Waals surface area contributed by atoms with E-state index in [1.165, 1.54) is 6.92 Å². The highest BCUT2D eigenvalue weighted by Gasteiger charge is 2.32. The van der Waals surface area contributed by atoms with Crippen molar-refractivity contribution in [3.05, 3.63) is 101 Å². The lowest BCUT2D eigenvalue weighted by Crippen LogP contribution is -2.08. The van der Waals surface area contributed by atoms with Gasteiger partial charge in [-0.05, 0) is 79.6 Å². The van der Waals surface area contributed by atoms with Crippen molar-refractivity contribution in [3.8, 4) is 23.0 Å². The van der Waals surface area contributed by atoms with E-state index in [1.807, 2.05) is 0 Å². The summed E-state index contributed by atoms with van der Waals surface area (Å²) in [6.07, 6.45) is -0.436. The fraction of sp³-hybridized carbons (Fsp3) is 0.0870. The minimum atomic E-state index is -5.81. The van der Waals surface area contributed by atoms with Gasteiger partial charge in [-0.25, -0.2) is 0 Å². The normalized spacial score (nSPS) is 13.4. The van der Waals surface area contributed by atoms with E-state index in [0.29, 0.717) is 42.5 Å². The zero-order valence-electron chi connectivity index (χ0n) is 45.7. The first-order valence-electron chi connectivity index (χ1n) is 24.3. The predicted molar refractivity (Wildman–Crippen MR) is 317 cm³/mol. The monoisotopic (exact) mass is 1460 g/mol. The number of aryl methyl sites for hydroxylation is 1. The maximum atomic E-state index is 13.2. The summed E-state index contributed by atoms with van der Waals surface area (Å²) in [6.45, 7) is 0.734. The van der Waals surface area contributed by atoms with E-state index < -0.39 is 245 Å². The van der Waals surface area contributed by atoms with Gasteiger partial charge in [-0.2, -0.15) is 72.5 Å². The molecule has 0 saturated carbocycles. The number of nitrogens with zero attached hydrogens (tertiary/aromatic N) is 9. The number of hydrogen-bond donors (Lipinski definition) is 12. The minimum absolute atomic E-state index is 0.0203. The van der Waals surface area contributed by atoms with Crippen molar-refractivity contribution in [2.75, 3.05) is 18.1 Å². The van der Waals surface area contributed by atoms with Gasteiger partial charge in [-0.1, -0.05) is 0 Å². The summed E-state index contributed by atoms with van der Waals surface area (Å²) in [5, 5.41) is 70.0. The number of ether oxygens (including phenoxy) is 1. The number of phenols is 3. The SMILES string of the molecule is Cc1cc(N=Nc2c(S(=O)(=O)O)cc3c(S(=O)(=O)O)c(N=Nc4cc(S(=O)(=O)O)c5cc(S(=O)(=O)O)c(N=Nc6ccc([N+](=O)[O-])cc6S(=O)(=O)O)c(O)c5c4N)ccc3c2O)c(OCCCS(=O)(=O)O)cc1N=Nc1ccc(S(=O)(=O)O)c2cc(S(=O)(=O)O)cc(O)c12. The van der Waals surface area contributed by atoms with Gasteiger partial charge in [0, 0.05) is 45.8 Å². The standard InChI is InChI=1S/C46H36N10O30S8/c1-19-11-30(33(86-9-2-10-87(62,63)64)17-29(19)51-49-27-7-8-34(89(68,69)70)24-13-21(88(65,66)67)14-32(57)39(24)27)52-54-42-37(92(77,78)79)15-23-22(44(42)58)4-6-28(46(23)94(83,84)85)50-53-31-18-35(90(71,72)73)25-16-38(93(80,81)82)43(45(59)40(25)41(31)47)55-48-26-5-3-20(56(60)61)12-36(26)91(74,75)76/h3-8,11-18,57-59H,2,9-10,47H2,1H3,(H,62,63,64)(H,65,66,67)(H,68,69,70)(H,71,72,73)(H,74,75,76)(H,77,78,79)(H,80,81,82)(H,83,84,85). The molecule has 8 aromatic carbocycles. The maximum absolute atomic E-state index is 13.2. The van der Waals surface area contributed by atoms with Crippen molar-refractivity contribution in [1.29, 1.82) is 0 Å². The Labute approximate surface area is 525 Å². The van der Waals surface area contributed by atoms with Gasteiger partial charge in [0.2, 0.25) is 0 Å². The first-order valence-corrected chi connectivity index (χ1v) is 36.0. The van der Waals surface area contributed by atoms with Crippen LogP contribution in [0.4, 0.5) is 56.9 Å². The highest BCUT2D eigenvalue weighted by molar-refractivity contribution is 7.88. The molecule has 0 aliphatic carbocycles. The maximum Gasteiger partial charge on any atom is 0.297 e. The highest BCUT2D eigenvalue weighted by atomic mass is 32.2. The van der Waals surface area contributed by atoms with E-state index in [-0.39, 0.29) is 23.4 Å². The summed E-state index contributed by atoms with van der Waals surface area (Å²) in [4.78, 5) is 0.990. The van der Waals surface area contributed by atoms with Gasteiger partial charge in [-0.15, -0.1) is 35.8 Å². The van der Waals surface area contributed by atoms with Crippen LogP contribution in [0.3, 0.4) is 0 Å². The third-order valence-corrected chi connectivity index (χ3v) is 19.7. The van der Waals surface area contributed by atoms with Gasteiger partial charge in [-0.3, -0.25) is 46.5 Å². The van der Waals surface area contributed by atoms with Crippen LogP contribution in [0.1, 0.15) is 12.0 Å². The fourth-order valence-corrected chi connectivity index (χ4v) is 13.8. The second kappa shape index (κ2) is 24.8. The molecule has 0 bridgehead atoms. The number of nitrogens with two attached hydrogens (primary N) is 1. The lowest BCUT2D eigenvalue weighted by atomic mass is 10.0. The van der Waals surface area contributed by atoms with Gasteiger partial charge in [0.1, 0.15) is 75.0 Å². The second-order valence-corrected chi connectivity index (χ2v) is 30.3. The first-order chi connectivity index (χ1) is 43.1. The van der Waals surface area contributed by atoms with E-state index in [2.05, 4.69) is 40.9 Å². The predicted octanol–water partition coefficient (Wildman–Crippen LogP) is 8.11. The molecule has 0 heterocycles. The molecular formula is C46H36N10O30S8. The smallest absolute Gasteiger partial charge is 0.297 e.